The molecule has 5 heteroatoms. The molecule has 7 aromatic rings. The summed E-state index contributed by atoms with van der Waals surface area (Å²) in [7, 11) is 0. The van der Waals surface area contributed by atoms with Gasteiger partial charge >= 0.3 is 0 Å². The lowest BCUT2D eigenvalue weighted by atomic mass is 9.74. The molecule has 1 nitrogen and oxygen atoms in total. The van der Waals surface area contributed by atoms with Gasteiger partial charge < -0.3 is 4.74 Å². The standard InChI is InChI=1S/C44H30ClF3O/c1-2-49-38-26-16-33(17-27-38)44-39(28-6-4-3-5-7-28)41(30-10-20-35(46)21-11-30)42(31-12-22-36(47)23-13-31)40(29-8-18-34(45)19-9-29)43(44)32-14-24-37(48)25-15-32/h3-27H,2H2,1H3. The molecule has 0 aliphatic rings. The summed E-state index contributed by atoms with van der Waals surface area (Å²) in [6.45, 7) is 2.47. The Morgan fingerprint density at radius 3 is 1.00 bits per heavy atom. The Morgan fingerprint density at radius 2 is 0.673 bits per heavy atom. The molecule has 0 amide bonds. The summed E-state index contributed by atoms with van der Waals surface area (Å²) >= 11 is 6.43. The maximum Gasteiger partial charge on any atom is 0.123 e. The lowest BCUT2D eigenvalue weighted by molar-refractivity contribution is 0.340. The van der Waals surface area contributed by atoms with Gasteiger partial charge in [0.25, 0.3) is 0 Å². The van der Waals surface area contributed by atoms with Gasteiger partial charge in [-0.05, 0) is 134 Å². The molecule has 0 N–H and O–H groups in total. The molecule has 0 aromatic heterocycles. The van der Waals surface area contributed by atoms with E-state index in [0.717, 1.165) is 72.5 Å². The Labute approximate surface area is 288 Å². The normalized spacial score (nSPS) is 11.0. The number of hydrogen-bond donors (Lipinski definition) is 0. The molecule has 0 radical (unpaired) electrons. The van der Waals surface area contributed by atoms with E-state index in [9.17, 15) is 13.2 Å². The summed E-state index contributed by atoms with van der Waals surface area (Å²) in [5, 5.41) is 0.571. The Morgan fingerprint density at radius 1 is 0.388 bits per heavy atom. The first-order valence-corrected chi connectivity index (χ1v) is 16.4. The van der Waals surface area contributed by atoms with Crippen molar-refractivity contribution in [2.24, 2.45) is 0 Å². The van der Waals surface area contributed by atoms with Gasteiger partial charge in [-0.25, -0.2) is 13.2 Å². The Bertz CT molecular complexity index is 2210. The van der Waals surface area contributed by atoms with Gasteiger partial charge in [-0.15, -0.1) is 0 Å². The van der Waals surface area contributed by atoms with Crippen molar-refractivity contribution in [1.29, 1.82) is 0 Å². The van der Waals surface area contributed by atoms with Crippen molar-refractivity contribution in [2.45, 2.75) is 6.92 Å². The first kappa shape index (κ1) is 32.0. The second-order valence-corrected chi connectivity index (χ2v) is 12.0. The quantitative estimate of drug-likeness (QED) is 0.157. The highest BCUT2D eigenvalue weighted by Crippen LogP contribution is 2.56. The van der Waals surface area contributed by atoms with Crippen LogP contribution in [0.1, 0.15) is 6.92 Å². The highest BCUT2D eigenvalue weighted by molar-refractivity contribution is 6.30. The van der Waals surface area contributed by atoms with Crippen molar-refractivity contribution in [3.63, 3.8) is 0 Å². The monoisotopic (exact) mass is 666 g/mol. The molecule has 240 valence electrons. The maximum absolute atomic E-state index is 14.6. The van der Waals surface area contributed by atoms with Crippen LogP contribution in [0.25, 0.3) is 66.8 Å². The zero-order chi connectivity index (χ0) is 33.9. The summed E-state index contributed by atoms with van der Waals surface area (Å²) in [5.74, 6) is -0.353. The maximum atomic E-state index is 14.6. The predicted molar refractivity (Wildman–Crippen MR) is 195 cm³/mol. The molecule has 49 heavy (non-hydrogen) atoms. The van der Waals surface area contributed by atoms with Crippen LogP contribution < -0.4 is 4.74 Å². The molecule has 0 spiro atoms. The molecule has 0 aliphatic carbocycles. The summed E-state index contributed by atoms with van der Waals surface area (Å²) in [5.41, 5.74) is 10.0. The molecular formula is C44H30ClF3O. The van der Waals surface area contributed by atoms with Crippen molar-refractivity contribution in [3.8, 4) is 72.5 Å². The van der Waals surface area contributed by atoms with E-state index >= 15 is 0 Å². The van der Waals surface area contributed by atoms with Crippen LogP contribution in [-0.2, 0) is 0 Å². The van der Waals surface area contributed by atoms with E-state index in [4.69, 9.17) is 16.3 Å². The first-order chi connectivity index (χ1) is 23.9. The van der Waals surface area contributed by atoms with Crippen LogP contribution in [0.2, 0.25) is 5.02 Å². The van der Waals surface area contributed by atoms with Crippen LogP contribution >= 0.6 is 11.6 Å². The Hall–Kier alpha value is -5.58. The largest absolute Gasteiger partial charge is 0.494 e. The minimum Gasteiger partial charge on any atom is -0.494 e. The summed E-state index contributed by atoms with van der Waals surface area (Å²) in [4.78, 5) is 0. The van der Waals surface area contributed by atoms with E-state index in [1.54, 1.807) is 36.4 Å². The minimum absolute atomic E-state index is 0.357. The van der Waals surface area contributed by atoms with Gasteiger partial charge in [0.1, 0.15) is 23.2 Å². The van der Waals surface area contributed by atoms with E-state index in [0.29, 0.717) is 11.6 Å². The molecule has 0 heterocycles. The smallest absolute Gasteiger partial charge is 0.123 e. The number of rotatable bonds is 8. The van der Waals surface area contributed by atoms with Crippen LogP contribution in [0, 0.1) is 17.5 Å². The third-order valence-corrected chi connectivity index (χ3v) is 8.80. The number of benzene rings is 7. The van der Waals surface area contributed by atoms with Crippen molar-refractivity contribution in [1.82, 2.24) is 0 Å². The highest BCUT2D eigenvalue weighted by atomic mass is 35.5. The van der Waals surface area contributed by atoms with Gasteiger partial charge in [-0.2, -0.15) is 0 Å². The Kier molecular flexibility index (Phi) is 9.06. The van der Waals surface area contributed by atoms with E-state index < -0.39 is 0 Å². The van der Waals surface area contributed by atoms with Gasteiger partial charge in [-0.1, -0.05) is 103 Å². The molecule has 7 rings (SSSR count). The number of halogens is 4. The Balaban J connectivity index is 1.78. The lowest BCUT2D eigenvalue weighted by Crippen LogP contribution is -2.02. The van der Waals surface area contributed by atoms with E-state index in [1.807, 2.05) is 85.8 Å². The molecular weight excluding hydrogens is 637 g/mol. The zero-order valence-corrected chi connectivity index (χ0v) is 27.3. The molecule has 0 unspecified atom stereocenters. The predicted octanol–water partition coefficient (Wildman–Crippen LogP) is 13.2. The average molecular weight is 667 g/mol. The van der Waals surface area contributed by atoms with Gasteiger partial charge in [-0.3, -0.25) is 0 Å². The van der Waals surface area contributed by atoms with Crippen molar-refractivity contribution >= 4 is 11.6 Å². The third kappa shape index (κ3) is 6.48. The summed E-state index contributed by atoms with van der Waals surface area (Å²) in [6, 6.07) is 44.8. The van der Waals surface area contributed by atoms with E-state index in [2.05, 4.69) is 0 Å². The lowest BCUT2D eigenvalue weighted by Gasteiger charge is -2.29. The summed E-state index contributed by atoms with van der Waals surface area (Å²) in [6.07, 6.45) is 0. The van der Waals surface area contributed by atoms with Gasteiger partial charge in [0.2, 0.25) is 0 Å². The van der Waals surface area contributed by atoms with Crippen molar-refractivity contribution in [3.05, 3.63) is 174 Å². The van der Waals surface area contributed by atoms with Crippen LogP contribution in [0.15, 0.2) is 152 Å². The first-order valence-electron chi connectivity index (χ1n) is 16.0. The minimum atomic E-state index is -0.367. The second-order valence-electron chi connectivity index (χ2n) is 11.6. The molecule has 0 atom stereocenters. The van der Waals surface area contributed by atoms with Crippen LogP contribution in [0.3, 0.4) is 0 Å². The molecule has 0 aliphatic heterocycles. The van der Waals surface area contributed by atoms with Crippen LogP contribution in [0.5, 0.6) is 5.75 Å². The fourth-order valence-corrected chi connectivity index (χ4v) is 6.56. The van der Waals surface area contributed by atoms with Gasteiger partial charge in [0.15, 0.2) is 0 Å². The van der Waals surface area contributed by atoms with Crippen molar-refractivity contribution in [2.75, 3.05) is 6.61 Å². The second kappa shape index (κ2) is 13.9. The SMILES string of the molecule is CCOc1ccc(-c2c(-c3ccccc3)c(-c3ccc(F)cc3)c(-c3ccc(F)cc3)c(-c3ccc(Cl)cc3)c2-c2ccc(F)cc2)cc1. The van der Waals surface area contributed by atoms with Gasteiger partial charge in [0.05, 0.1) is 6.61 Å². The number of ether oxygens (including phenoxy) is 1. The molecule has 0 fully saturated rings. The van der Waals surface area contributed by atoms with Crippen LogP contribution in [-0.4, -0.2) is 6.61 Å². The fraction of sp³-hybridized carbons (Fsp3) is 0.0455. The fourth-order valence-electron chi connectivity index (χ4n) is 6.44. The van der Waals surface area contributed by atoms with Crippen molar-refractivity contribution < 1.29 is 17.9 Å². The topological polar surface area (TPSA) is 9.23 Å². The highest BCUT2D eigenvalue weighted by Gasteiger charge is 2.29. The average Bonchev–Trinajstić information content (AvgIpc) is 3.13. The zero-order valence-electron chi connectivity index (χ0n) is 26.6. The van der Waals surface area contributed by atoms with Crippen LogP contribution in [0.4, 0.5) is 13.2 Å². The summed E-state index contributed by atoms with van der Waals surface area (Å²) < 4.78 is 49.5. The van der Waals surface area contributed by atoms with Gasteiger partial charge in [0, 0.05) is 5.02 Å². The number of hydrogen-bond acceptors (Lipinski definition) is 1. The molecule has 0 saturated carbocycles. The molecule has 0 saturated heterocycles. The van der Waals surface area contributed by atoms with E-state index in [1.165, 1.54) is 36.4 Å². The molecule has 7 aromatic carbocycles. The third-order valence-electron chi connectivity index (χ3n) is 8.55. The molecule has 0 bridgehead atoms. The van der Waals surface area contributed by atoms with E-state index in [-0.39, 0.29) is 17.5 Å².